The van der Waals surface area contributed by atoms with E-state index in [4.69, 9.17) is 26.2 Å². The highest BCUT2D eigenvalue weighted by Crippen LogP contribution is 2.37. The van der Waals surface area contributed by atoms with E-state index in [1.54, 1.807) is 12.1 Å². The van der Waals surface area contributed by atoms with E-state index in [1.165, 1.54) is 0 Å². The first kappa shape index (κ1) is 20.7. The van der Waals surface area contributed by atoms with Crippen LogP contribution in [0.1, 0.15) is 6.85 Å². The number of para-hydroxylation sites is 1. The van der Waals surface area contributed by atoms with Gasteiger partial charge in [0.15, 0.2) is 17.5 Å². The van der Waals surface area contributed by atoms with Crippen LogP contribution in [-0.2, 0) is 0 Å². The molecule has 0 N–H and O–H groups in total. The summed E-state index contributed by atoms with van der Waals surface area (Å²) in [5.74, 6) is 1.55. The average Bonchev–Trinajstić information content (AvgIpc) is 3.54. The molecule has 9 aromatic rings. The smallest absolute Gasteiger partial charge is 0.164 e. The second-order valence-corrected chi connectivity index (χ2v) is 10.9. The van der Waals surface area contributed by atoms with Crippen molar-refractivity contribution < 1.29 is 11.3 Å². The number of hydrogen-bond acceptors (Lipinski definition) is 4. The van der Waals surface area contributed by atoms with Crippen LogP contribution in [0.2, 0.25) is 0 Å². The van der Waals surface area contributed by atoms with E-state index < -0.39 is 18.1 Å². The molecule has 9 rings (SSSR count). The van der Waals surface area contributed by atoms with Crippen LogP contribution in [0.25, 0.3) is 88.8 Å². The SMILES string of the molecule is [2H]c1c([2H])c([2H])c(-c2cccc3c2oc2cc(-c4nc(-c5ccc6ccccc6c5)nc(-c5ccc6ccccc6c5)n4)ccc23)c([2H])c1[2H]. The fraction of sp³-hybridized carbons (Fsp3) is 0. The minimum absolute atomic E-state index is 0.0957. The Morgan fingerprint density at radius 2 is 1.00 bits per heavy atom. The summed E-state index contributed by atoms with van der Waals surface area (Å²) in [6.45, 7) is 0. The van der Waals surface area contributed by atoms with Crippen LogP contribution in [0.3, 0.4) is 0 Å². The normalized spacial score (nSPS) is 13.1. The summed E-state index contributed by atoms with van der Waals surface area (Å²) >= 11 is 0. The second-order valence-electron chi connectivity index (χ2n) is 10.9. The quantitative estimate of drug-likeness (QED) is 0.208. The van der Waals surface area contributed by atoms with E-state index in [1.807, 2.05) is 60.7 Å². The lowest BCUT2D eigenvalue weighted by atomic mass is 10.0. The van der Waals surface area contributed by atoms with Crippen molar-refractivity contribution >= 4 is 43.5 Å². The molecule has 0 aliphatic rings. The van der Waals surface area contributed by atoms with Crippen molar-refractivity contribution in [2.24, 2.45) is 0 Å². The third-order valence-corrected chi connectivity index (χ3v) is 8.18. The Hall–Kier alpha value is -6.13. The Balaban J connectivity index is 1.23. The van der Waals surface area contributed by atoms with Crippen molar-refractivity contribution in [3.63, 3.8) is 0 Å². The fourth-order valence-electron chi connectivity index (χ4n) is 5.94. The third kappa shape index (κ3) is 4.43. The standard InChI is InChI=1S/C41H25N3O/c1-2-11-28(12-3-1)34-15-8-16-36-35-22-21-33(25-37(35)45-38(34)36)41-43-39(31-19-17-26-9-4-6-13-29(26)23-31)42-40(44-41)32-20-18-27-10-5-7-14-30(27)24-32/h1-25H/i1D,2D,3D,11D,12D. The van der Waals surface area contributed by atoms with Crippen LogP contribution >= 0.6 is 0 Å². The summed E-state index contributed by atoms with van der Waals surface area (Å²) in [5, 5.41) is 5.99. The van der Waals surface area contributed by atoms with Gasteiger partial charge in [-0.15, -0.1) is 0 Å². The van der Waals surface area contributed by atoms with Gasteiger partial charge >= 0.3 is 0 Å². The van der Waals surface area contributed by atoms with Crippen molar-refractivity contribution in [3.05, 3.63) is 152 Å². The molecule has 4 heteroatoms. The Morgan fingerprint density at radius 1 is 0.444 bits per heavy atom. The summed E-state index contributed by atoms with van der Waals surface area (Å²) in [6, 6.07) is 38.1. The first-order chi connectivity index (χ1) is 24.3. The first-order valence-corrected chi connectivity index (χ1v) is 14.6. The maximum atomic E-state index is 8.56. The van der Waals surface area contributed by atoms with Gasteiger partial charge in [-0.1, -0.05) is 127 Å². The summed E-state index contributed by atoms with van der Waals surface area (Å²) in [5.41, 5.74) is 3.95. The highest BCUT2D eigenvalue weighted by molar-refractivity contribution is 6.10. The molecule has 0 saturated heterocycles. The van der Waals surface area contributed by atoms with Crippen molar-refractivity contribution in [2.75, 3.05) is 0 Å². The van der Waals surface area contributed by atoms with Gasteiger partial charge in [0, 0.05) is 33.0 Å². The average molecular weight is 581 g/mol. The van der Waals surface area contributed by atoms with Crippen LogP contribution in [0.4, 0.5) is 0 Å². The third-order valence-electron chi connectivity index (χ3n) is 8.18. The number of aromatic nitrogens is 3. The molecule has 0 radical (unpaired) electrons. The molecule has 0 amide bonds. The second kappa shape index (κ2) is 10.2. The van der Waals surface area contributed by atoms with Crippen LogP contribution in [0, 0.1) is 0 Å². The molecule has 0 spiro atoms. The lowest BCUT2D eigenvalue weighted by Crippen LogP contribution is -2.00. The number of rotatable bonds is 4. The molecule has 0 saturated carbocycles. The summed E-state index contributed by atoms with van der Waals surface area (Å²) < 4.78 is 48.0. The zero-order valence-corrected chi connectivity index (χ0v) is 23.8. The summed E-state index contributed by atoms with van der Waals surface area (Å²) in [4.78, 5) is 14.9. The van der Waals surface area contributed by atoms with E-state index >= 15 is 0 Å². The maximum absolute atomic E-state index is 8.56. The molecule has 0 aliphatic heterocycles. The van der Waals surface area contributed by atoms with Crippen LogP contribution in [0.15, 0.2) is 156 Å². The van der Waals surface area contributed by atoms with Gasteiger partial charge in [0.25, 0.3) is 0 Å². The van der Waals surface area contributed by atoms with Gasteiger partial charge in [-0.05, 0) is 51.4 Å². The fourth-order valence-corrected chi connectivity index (χ4v) is 5.94. The Labute approximate surface area is 266 Å². The van der Waals surface area contributed by atoms with E-state index in [0.717, 1.165) is 43.4 Å². The summed E-state index contributed by atoms with van der Waals surface area (Å²) in [7, 11) is 0. The predicted octanol–water partition coefficient (Wildman–Crippen LogP) is 10.7. The van der Waals surface area contributed by atoms with Gasteiger partial charge in [0.2, 0.25) is 0 Å². The highest BCUT2D eigenvalue weighted by atomic mass is 16.3. The minimum Gasteiger partial charge on any atom is -0.455 e. The van der Waals surface area contributed by atoms with Gasteiger partial charge in [-0.3, -0.25) is 0 Å². The molecule has 0 fully saturated rings. The first-order valence-electron chi connectivity index (χ1n) is 17.1. The number of nitrogens with zero attached hydrogens (tertiary/aromatic N) is 3. The van der Waals surface area contributed by atoms with Gasteiger partial charge < -0.3 is 4.42 Å². The minimum atomic E-state index is -0.436. The molecule has 2 aromatic heterocycles. The lowest BCUT2D eigenvalue weighted by Gasteiger charge is -2.10. The zero-order valence-electron chi connectivity index (χ0n) is 28.8. The van der Waals surface area contributed by atoms with Crippen molar-refractivity contribution in [3.8, 4) is 45.3 Å². The molecule has 0 unspecified atom stereocenters. The maximum Gasteiger partial charge on any atom is 0.164 e. The number of fused-ring (bicyclic) bond motifs is 5. The predicted molar refractivity (Wildman–Crippen MR) is 184 cm³/mol. The Morgan fingerprint density at radius 3 is 1.62 bits per heavy atom. The molecule has 4 nitrogen and oxygen atoms in total. The molecule has 45 heavy (non-hydrogen) atoms. The number of furan rings is 1. The molecule has 7 aromatic carbocycles. The Bertz CT molecular complexity index is 2720. The molecule has 0 bridgehead atoms. The van der Waals surface area contributed by atoms with Gasteiger partial charge in [0.05, 0.1) is 6.85 Å². The van der Waals surface area contributed by atoms with Gasteiger partial charge in [0.1, 0.15) is 11.2 Å². The van der Waals surface area contributed by atoms with E-state index in [2.05, 4.69) is 48.5 Å². The number of benzene rings is 7. The van der Waals surface area contributed by atoms with E-state index in [0.29, 0.717) is 39.8 Å². The Kier molecular flexibility index (Phi) is 4.72. The molecule has 210 valence electrons. The van der Waals surface area contributed by atoms with Crippen LogP contribution in [0.5, 0.6) is 0 Å². The summed E-state index contributed by atoms with van der Waals surface area (Å²) in [6.07, 6.45) is 0. The van der Waals surface area contributed by atoms with Gasteiger partial charge in [-0.2, -0.15) is 0 Å². The molecule has 2 heterocycles. The monoisotopic (exact) mass is 580 g/mol. The van der Waals surface area contributed by atoms with E-state index in [-0.39, 0.29) is 17.6 Å². The topological polar surface area (TPSA) is 51.8 Å². The largest absolute Gasteiger partial charge is 0.455 e. The van der Waals surface area contributed by atoms with Crippen molar-refractivity contribution in [1.82, 2.24) is 15.0 Å². The van der Waals surface area contributed by atoms with Crippen molar-refractivity contribution in [1.29, 1.82) is 0 Å². The zero-order chi connectivity index (χ0) is 34.1. The molecular weight excluding hydrogens is 550 g/mol. The van der Waals surface area contributed by atoms with Crippen molar-refractivity contribution in [2.45, 2.75) is 0 Å². The molecular formula is C41H25N3O. The lowest BCUT2D eigenvalue weighted by molar-refractivity contribution is 0.670. The van der Waals surface area contributed by atoms with E-state index in [9.17, 15) is 0 Å². The van der Waals surface area contributed by atoms with Gasteiger partial charge in [-0.25, -0.2) is 15.0 Å². The highest BCUT2D eigenvalue weighted by Gasteiger charge is 2.16. The number of hydrogen-bond donors (Lipinski definition) is 0. The molecule has 0 atom stereocenters. The molecule has 0 aliphatic carbocycles. The van der Waals surface area contributed by atoms with Crippen LogP contribution in [-0.4, -0.2) is 15.0 Å². The van der Waals surface area contributed by atoms with Crippen LogP contribution < -0.4 is 0 Å².